The van der Waals surface area contributed by atoms with E-state index in [1.54, 1.807) is 18.3 Å². The van der Waals surface area contributed by atoms with E-state index in [0.29, 0.717) is 23.6 Å². The summed E-state index contributed by atoms with van der Waals surface area (Å²) in [5.74, 6) is -0.558. The largest absolute Gasteiger partial charge is 0.376 e. The number of carbonyl (C=O) groups excluding carboxylic acids is 1. The number of pyridine rings is 1. The molecule has 1 aromatic heterocycles. The van der Waals surface area contributed by atoms with E-state index >= 15 is 0 Å². The Kier molecular flexibility index (Phi) is 4.61. The first-order valence-corrected chi connectivity index (χ1v) is 9.30. The highest BCUT2D eigenvalue weighted by Crippen LogP contribution is 2.37. The van der Waals surface area contributed by atoms with Crippen LogP contribution in [-0.4, -0.2) is 23.7 Å². The van der Waals surface area contributed by atoms with E-state index in [2.05, 4.69) is 5.32 Å². The summed E-state index contributed by atoms with van der Waals surface area (Å²) < 4.78 is 6.83. The zero-order valence-corrected chi connectivity index (χ0v) is 16.1. The first-order valence-electron chi connectivity index (χ1n) is 8.93. The fraction of sp³-hybridized carbons (Fsp3) is 0.238. The number of aromatic nitrogens is 1. The third-order valence-corrected chi connectivity index (χ3v) is 5.58. The molecule has 1 saturated heterocycles. The molecule has 0 unspecified atom stereocenters. The minimum Gasteiger partial charge on any atom is -0.376 e. The number of ether oxygens (including phenoxy) is 1. The first kappa shape index (κ1) is 18.5. The quantitative estimate of drug-likeness (QED) is 0.693. The Bertz CT molecular complexity index is 1140. The smallest absolute Gasteiger partial charge is 0.258 e. The van der Waals surface area contributed by atoms with Crippen molar-refractivity contribution in [3.8, 4) is 0 Å². The lowest BCUT2D eigenvalue weighted by Crippen LogP contribution is -2.53. The second-order valence-corrected chi connectivity index (χ2v) is 7.54. The molecule has 0 atom stereocenters. The second-order valence-electron chi connectivity index (χ2n) is 7.13. The number of amides is 1. The van der Waals surface area contributed by atoms with Crippen molar-refractivity contribution < 1.29 is 9.53 Å². The van der Waals surface area contributed by atoms with Crippen LogP contribution in [0.4, 0.5) is 5.69 Å². The SMILES string of the molecule is Cc1c(Cl)cccc1C1(Nc2ccc3ccn(CC(N)=O)c(=O)c3c2)COC1. The van der Waals surface area contributed by atoms with Crippen molar-refractivity contribution in [2.24, 2.45) is 5.73 Å². The molecule has 1 amide bonds. The number of fused-ring (bicyclic) bond motifs is 1. The molecule has 7 heteroatoms. The predicted octanol–water partition coefficient (Wildman–Crippen LogP) is 2.79. The predicted molar refractivity (Wildman–Crippen MR) is 110 cm³/mol. The first-order chi connectivity index (χ1) is 13.4. The van der Waals surface area contributed by atoms with Crippen molar-refractivity contribution in [2.75, 3.05) is 18.5 Å². The van der Waals surface area contributed by atoms with E-state index in [4.69, 9.17) is 22.1 Å². The normalized spacial score (nSPS) is 15.2. The summed E-state index contributed by atoms with van der Waals surface area (Å²) in [6.07, 6.45) is 1.58. The van der Waals surface area contributed by atoms with Crippen LogP contribution < -0.4 is 16.6 Å². The van der Waals surface area contributed by atoms with Crippen molar-refractivity contribution in [3.63, 3.8) is 0 Å². The van der Waals surface area contributed by atoms with Crippen LogP contribution in [0.25, 0.3) is 10.8 Å². The summed E-state index contributed by atoms with van der Waals surface area (Å²) in [4.78, 5) is 23.9. The summed E-state index contributed by atoms with van der Waals surface area (Å²) in [6.45, 7) is 2.86. The average molecular weight is 398 g/mol. The Morgan fingerprint density at radius 3 is 2.75 bits per heavy atom. The highest BCUT2D eigenvalue weighted by atomic mass is 35.5. The maximum Gasteiger partial charge on any atom is 0.258 e. The molecule has 6 nitrogen and oxygen atoms in total. The maximum atomic E-state index is 12.7. The number of benzene rings is 2. The fourth-order valence-corrected chi connectivity index (χ4v) is 3.83. The fourth-order valence-electron chi connectivity index (χ4n) is 3.65. The minimum atomic E-state index is -0.558. The summed E-state index contributed by atoms with van der Waals surface area (Å²) in [5, 5.41) is 5.56. The molecule has 3 aromatic rings. The van der Waals surface area contributed by atoms with Crippen molar-refractivity contribution in [2.45, 2.75) is 19.0 Å². The maximum absolute atomic E-state index is 12.7. The van der Waals surface area contributed by atoms with Gasteiger partial charge in [0.1, 0.15) is 12.1 Å². The summed E-state index contributed by atoms with van der Waals surface area (Å²) in [5.41, 5.74) is 7.45. The molecular formula is C21H20ClN3O3. The molecule has 3 N–H and O–H groups in total. The number of halogens is 1. The average Bonchev–Trinajstić information content (AvgIpc) is 2.63. The van der Waals surface area contributed by atoms with Crippen LogP contribution in [0.1, 0.15) is 11.1 Å². The molecule has 0 radical (unpaired) electrons. The number of nitrogens with two attached hydrogens (primary N) is 1. The highest BCUT2D eigenvalue weighted by Gasteiger charge is 2.41. The van der Waals surface area contributed by atoms with Crippen LogP contribution in [0.15, 0.2) is 53.5 Å². The number of hydrogen-bond acceptors (Lipinski definition) is 4. The van der Waals surface area contributed by atoms with Crippen LogP contribution in [0.2, 0.25) is 5.02 Å². The third-order valence-electron chi connectivity index (χ3n) is 5.17. The van der Waals surface area contributed by atoms with Crippen molar-refractivity contribution in [3.05, 3.63) is 75.2 Å². The Labute approximate surface area is 166 Å². The molecular weight excluding hydrogens is 378 g/mol. The lowest BCUT2D eigenvalue weighted by Gasteiger charge is -2.44. The van der Waals surface area contributed by atoms with Gasteiger partial charge in [0, 0.05) is 22.3 Å². The number of nitrogens with zero attached hydrogens (tertiary/aromatic N) is 1. The Morgan fingerprint density at radius 2 is 2.07 bits per heavy atom. The Balaban J connectivity index is 1.74. The molecule has 0 spiro atoms. The molecule has 4 rings (SSSR count). The van der Waals surface area contributed by atoms with Gasteiger partial charge in [-0.25, -0.2) is 0 Å². The third kappa shape index (κ3) is 3.15. The number of carbonyl (C=O) groups is 1. The highest BCUT2D eigenvalue weighted by molar-refractivity contribution is 6.31. The molecule has 28 heavy (non-hydrogen) atoms. The van der Waals surface area contributed by atoms with Gasteiger partial charge >= 0.3 is 0 Å². The van der Waals surface area contributed by atoms with E-state index in [1.165, 1.54) is 4.57 Å². The number of hydrogen-bond donors (Lipinski definition) is 2. The number of rotatable bonds is 5. The molecule has 2 heterocycles. The van der Waals surface area contributed by atoms with E-state index in [1.807, 2.05) is 37.3 Å². The van der Waals surface area contributed by atoms with Crippen LogP contribution in [0.5, 0.6) is 0 Å². The van der Waals surface area contributed by atoms with Crippen molar-refractivity contribution in [1.29, 1.82) is 0 Å². The molecule has 2 aromatic carbocycles. The second kappa shape index (κ2) is 6.96. The summed E-state index contributed by atoms with van der Waals surface area (Å²) >= 11 is 6.31. The number of nitrogens with one attached hydrogen (secondary N) is 1. The lowest BCUT2D eigenvalue weighted by atomic mass is 9.84. The molecule has 0 bridgehead atoms. The van der Waals surface area contributed by atoms with E-state index < -0.39 is 11.4 Å². The zero-order valence-electron chi connectivity index (χ0n) is 15.4. The molecule has 144 valence electrons. The van der Waals surface area contributed by atoms with Crippen LogP contribution >= 0.6 is 11.6 Å². The van der Waals surface area contributed by atoms with Gasteiger partial charge in [0.05, 0.1) is 13.2 Å². The van der Waals surface area contributed by atoms with Gasteiger partial charge < -0.3 is 20.4 Å². The van der Waals surface area contributed by atoms with Gasteiger partial charge in [0.15, 0.2) is 0 Å². The number of anilines is 1. The van der Waals surface area contributed by atoms with Gasteiger partial charge in [0.2, 0.25) is 5.91 Å². The van der Waals surface area contributed by atoms with Crippen LogP contribution in [0, 0.1) is 6.92 Å². The minimum absolute atomic E-state index is 0.147. The topological polar surface area (TPSA) is 86.4 Å². The molecule has 0 saturated carbocycles. The lowest BCUT2D eigenvalue weighted by molar-refractivity contribution is -0.118. The van der Waals surface area contributed by atoms with Crippen LogP contribution in [-0.2, 0) is 21.6 Å². The monoisotopic (exact) mass is 397 g/mol. The van der Waals surface area contributed by atoms with Gasteiger partial charge in [-0.15, -0.1) is 0 Å². The van der Waals surface area contributed by atoms with Gasteiger partial charge in [-0.05, 0) is 47.7 Å². The van der Waals surface area contributed by atoms with Gasteiger partial charge in [-0.1, -0.05) is 29.8 Å². The Hall–Kier alpha value is -2.83. The number of primary amides is 1. The molecule has 1 aliphatic heterocycles. The summed E-state index contributed by atoms with van der Waals surface area (Å²) in [7, 11) is 0. The van der Waals surface area contributed by atoms with E-state index in [9.17, 15) is 9.59 Å². The summed E-state index contributed by atoms with van der Waals surface area (Å²) in [6, 6.07) is 13.2. The molecule has 0 aliphatic carbocycles. The van der Waals surface area contributed by atoms with Gasteiger partial charge in [-0.3, -0.25) is 9.59 Å². The van der Waals surface area contributed by atoms with E-state index in [0.717, 1.165) is 22.2 Å². The van der Waals surface area contributed by atoms with E-state index in [-0.39, 0.29) is 12.1 Å². The van der Waals surface area contributed by atoms with Crippen molar-refractivity contribution >= 4 is 34.0 Å². The van der Waals surface area contributed by atoms with Gasteiger partial charge in [0.25, 0.3) is 5.56 Å². The molecule has 1 aliphatic rings. The Morgan fingerprint density at radius 1 is 1.29 bits per heavy atom. The molecule has 1 fully saturated rings. The standard InChI is InChI=1S/C21H20ClN3O3/c1-13-17(3-2-4-18(13)22)21(11-28-12-21)24-15-6-5-14-7-8-25(10-19(23)26)20(27)16(14)9-15/h2-9,24H,10-12H2,1H3,(H2,23,26). The van der Waals surface area contributed by atoms with Crippen LogP contribution in [0.3, 0.4) is 0 Å². The zero-order chi connectivity index (χ0) is 19.9. The van der Waals surface area contributed by atoms with Gasteiger partial charge in [-0.2, -0.15) is 0 Å². The van der Waals surface area contributed by atoms with Crippen molar-refractivity contribution in [1.82, 2.24) is 4.57 Å².